The standard InChI is InChI=1S/C21H29NO2/c1-17(2)16-24-20-12-11-19(14-21(20)23-3)15-22-13-7-10-18-8-5-4-6-9-18/h4-6,8-9,11-12,14,17,22H,7,10,13,15-16H2,1-3H3. The Labute approximate surface area is 146 Å². The van der Waals surface area contributed by atoms with Gasteiger partial charge < -0.3 is 14.8 Å². The van der Waals surface area contributed by atoms with Crippen LogP contribution in [-0.2, 0) is 13.0 Å². The highest BCUT2D eigenvalue weighted by atomic mass is 16.5. The predicted molar refractivity (Wildman–Crippen MR) is 99.8 cm³/mol. The number of aryl methyl sites for hydroxylation is 1. The number of hydrogen-bond acceptors (Lipinski definition) is 3. The van der Waals surface area contributed by atoms with Crippen molar-refractivity contribution in [1.29, 1.82) is 0 Å². The molecule has 3 heteroatoms. The van der Waals surface area contributed by atoms with E-state index in [2.05, 4.69) is 61.6 Å². The van der Waals surface area contributed by atoms with Crippen LogP contribution in [0.3, 0.4) is 0 Å². The van der Waals surface area contributed by atoms with E-state index in [0.717, 1.165) is 37.4 Å². The van der Waals surface area contributed by atoms with E-state index >= 15 is 0 Å². The maximum atomic E-state index is 5.79. The Morgan fingerprint density at radius 1 is 0.958 bits per heavy atom. The van der Waals surface area contributed by atoms with Gasteiger partial charge in [-0.1, -0.05) is 50.2 Å². The van der Waals surface area contributed by atoms with Gasteiger partial charge in [0.15, 0.2) is 11.5 Å². The molecule has 0 saturated carbocycles. The summed E-state index contributed by atoms with van der Waals surface area (Å²) in [5.41, 5.74) is 2.61. The molecule has 0 bridgehead atoms. The van der Waals surface area contributed by atoms with E-state index in [1.54, 1.807) is 7.11 Å². The van der Waals surface area contributed by atoms with Crippen LogP contribution in [-0.4, -0.2) is 20.3 Å². The molecule has 0 fully saturated rings. The highest BCUT2D eigenvalue weighted by Crippen LogP contribution is 2.28. The van der Waals surface area contributed by atoms with Gasteiger partial charge in [0.25, 0.3) is 0 Å². The van der Waals surface area contributed by atoms with Crippen molar-refractivity contribution in [3.05, 3.63) is 59.7 Å². The highest BCUT2D eigenvalue weighted by Gasteiger charge is 2.06. The summed E-state index contributed by atoms with van der Waals surface area (Å²) in [7, 11) is 1.69. The maximum Gasteiger partial charge on any atom is 0.161 e. The molecule has 0 atom stereocenters. The number of rotatable bonds is 10. The van der Waals surface area contributed by atoms with Crippen LogP contribution in [0.25, 0.3) is 0 Å². The zero-order valence-electron chi connectivity index (χ0n) is 15.0. The van der Waals surface area contributed by atoms with Gasteiger partial charge in [-0.15, -0.1) is 0 Å². The first-order valence-electron chi connectivity index (χ1n) is 8.73. The van der Waals surface area contributed by atoms with Crippen LogP contribution in [0.15, 0.2) is 48.5 Å². The SMILES string of the molecule is COc1cc(CNCCCc2ccccc2)ccc1OCC(C)C. The average Bonchev–Trinajstić information content (AvgIpc) is 2.60. The van der Waals surface area contributed by atoms with E-state index in [4.69, 9.17) is 9.47 Å². The summed E-state index contributed by atoms with van der Waals surface area (Å²) < 4.78 is 11.2. The number of methoxy groups -OCH3 is 1. The Bertz CT molecular complexity index is 596. The van der Waals surface area contributed by atoms with Crippen LogP contribution >= 0.6 is 0 Å². The van der Waals surface area contributed by atoms with E-state index in [1.165, 1.54) is 11.1 Å². The van der Waals surface area contributed by atoms with E-state index < -0.39 is 0 Å². The molecule has 0 saturated heterocycles. The molecule has 1 N–H and O–H groups in total. The van der Waals surface area contributed by atoms with Crippen LogP contribution in [0, 0.1) is 5.92 Å². The zero-order chi connectivity index (χ0) is 17.2. The third-order valence-corrected chi connectivity index (χ3v) is 3.79. The van der Waals surface area contributed by atoms with Crippen LogP contribution in [0.2, 0.25) is 0 Å². The summed E-state index contributed by atoms with van der Waals surface area (Å²) in [6.07, 6.45) is 2.25. The van der Waals surface area contributed by atoms with Crippen LogP contribution < -0.4 is 14.8 Å². The van der Waals surface area contributed by atoms with Crippen molar-refractivity contribution in [2.45, 2.75) is 33.2 Å². The largest absolute Gasteiger partial charge is 0.493 e. The lowest BCUT2D eigenvalue weighted by molar-refractivity contribution is 0.256. The van der Waals surface area contributed by atoms with E-state index in [0.29, 0.717) is 12.5 Å². The lowest BCUT2D eigenvalue weighted by atomic mass is 10.1. The molecule has 0 spiro atoms. The molecule has 0 aliphatic rings. The second kappa shape index (κ2) is 9.99. The molecule has 2 aromatic carbocycles. The number of nitrogens with one attached hydrogen (secondary N) is 1. The highest BCUT2D eigenvalue weighted by molar-refractivity contribution is 5.43. The minimum Gasteiger partial charge on any atom is -0.493 e. The molecule has 24 heavy (non-hydrogen) atoms. The first-order chi connectivity index (χ1) is 11.7. The van der Waals surface area contributed by atoms with Gasteiger partial charge in [0, 0.05) is 6.54 Å². The molecule has 0 aliphatic carbocycles. The molecule has 2 aromatic rings. The minimum absolute atomic E-state index is 0.501. The molecule has 3 nitrogen and oxygen atoms in total. The van der Waals surface area contributed by atoms with Crippen molar-refractivity contribution in [2.24, 2.45) is 5.92 Å². The van der Waals surface area contributed by atoms with Gasteiger partial charge in [0.05, 0.1) is 13.7 Å². The zero-order valence-corrected chi connectivity index (χ0v) is 15.0. The van der Waals surface area contributed by atoms with Gasteiger partial charge in [0.2, 0.25) is 0 Å². The molecule has 0 aromatic heterocycles. The lowest BCUT2D eigenvalue weighted by Crippen LogP contribution is -2.15. The van der Waals surface area contributed by atoms with Crippen molar-refractivity contribution >= 4 is 0 Å². The van der Waals surface area contributed by atoms with Crippen molar-refractivity contribution < 1.29 is 9.47 Å². The molecule has 2 rings (SSSR count). The first kappa shape index (κ1) is 18.3. The Morgan fingerprint density at radius 2 is 1.75 bits per heavy atom. The fourth-order valence-electron chi connectivity index (χ4n) is 2.49. The van der Waals surface area contributed by atoms with Crippen LogP contribution in [0.4, 0.5) is 0 Å². The molecular formula is C21H29NO2. The molecule has 0 heterocycles. The Hall–Kier alpha value is -2.00. The molecule has 0 unspecified atom stereocenters. The van der Waals surface area contributed by atoms with Gasteiger partial charge in [-0.05, 0) is 48.6 Å². The average molecular weight is 327 g/mol. The van der Waals surface area contributed by atoms with Gasteiger partial charge in [-0.3, -0.25) is 0 Å². The summed E-state index contributed by atoms with van der Waals surface area (Å²) in [4.78, 5) is 0. The van der Waals surface area contributed by atoms with Gasteiger partial charge in [-0.2, -0.15) is 0 Å². The fraction of sp³-hybridized carbons (Fsp3) is 0.429. The molecule has 0 radical (unpaired) electrons. The second-order valence-corrected chi connectivity index (χ2v) is 6.46. The van der Waals surface area contributed by atoms with Gasteiger partial charge >= 0.3 is 0 Å². The Balaban J connectivity index is 1.76. The van der Waals surface area contributed by atoms with E-state index in [9.17, 15) is 0 Å². The summed E-state index contributed by atoms with van der Waals surface area (Å²) in [5.74, 6) is 2.12. The van der Waals surface area contributed by atoms with Crippen molar-refractivity contribution in [3.8, 4) is 11.5 Å². The molecule has 130 valence electrons. The second-order valence-electron chi connectivity index (χ2n) is 6.46. The number of ether oxygens (including phenoxy) is 2. The summed E-state index contributed by atoms with van der Waals surface area (Å²) in [5, 5.41) is 3.50. The van der Waals surface area contributed by atoms with E-state index in [1.807, 2.05) is 6.07 Å². The number of hydrogen-bond donors (Lipinski definition) is 1. The topological polar surface area (TPSA) is 30.5 Å². The van der Waals surface area contributed by atoms with Gasteiger partial charge in [0.1, 0.15) is 0 Å². The van der Waals surface area contributed by atoms with Crippen LogP contribution in [0.1, 0.15) is 31.4 Å². The molecule has 0 aliphatic heterocycles. The summed E-state index contributed by atoms with van der Waals surface area (Å²) in [6.45, 7) is 6.83. The van der Waals surface area contributed by atoms with Gasteiger partial charge in [-0.25, -0.2) is 0 Å². The third-order valence-electron chi connectivity index (χ3n) is 3.79. The van der Waals surface area contributed by atoms with Crippen molar-refractivity contribution in [3.63, 3.8) is 0 Å². The van der Waals surface area contributed by atoms with Crippen LogP contribution in [0.5, 0.6) is 11.5 Å². The Morgan fingerprint density at radius 3 is 2.46 bits per heavy atom. The fourth-order valence-corrected chi connectivity index (χ4v) is 2.49. The Kier molecular flexibility index (Phi) is 7.63. The van der Waals surface area contributed by atoms with Crippen molar-refractivity contribution in [1.82, 2.24) is 5.32 Å². The summed E-state index contributed by atoms with van der Waals surface area (Å²) >= 11 is 0. The third kappa shape index (κ3) is 6.25. The van der Waals surface area contributed by atoms with Crippen molar-refractivity contribution in [2.75, 3.05) is 20.3 Å². The quantitative estimate of drug-likeness (QED) is 0.654. The number of benzene rings is 2. The lowest BCUT2D eigenvalue weighted by Gasteiger charge is -2.14. The van der Waals surface area contributed by atoms with E-state index in [-0.39, 0.29) is 0 Å². The normalized spacial score (nSPS) is 10.8. The minimum atomic E-state index is 0.501. The maximum absolute atomic E-state index is 5.79. The molecule has 0 amide bonds. The summed E-state index contributed by atoms with van der Waals surface area (Å²) in [6, 6.07) is 16.8. The monoisotopic (exact) mass is 327 g/mol. The predicted octanol–water partition coefficient (Wildman–Crippen LogP) is 4.45. The first-order valence-corrected chi connectivity index (χ1v) is 8.73. The smallest absolute Gasteiger partial charge is 0.161 e. The molecular weight excluding hydrogens is 298 g/mol.